The van der Waals surface area contributed by atoms with Crippen molar-refractivity contribution in [3.05, 3.63) is 48.0 Å². The lowest BCUT2D eigenvalue weighted by molar-refractivity contribution is 0.00584. The van der Waals surface area contributed by atoms with E-state index >= 15 is 0 Å². The average molecular weight is 432 g/mol. The minimum atomic E-state index is -3.61. The average Bonchev–Trinajstić information content (AvgIpc) is 2.74. The molecule has 1 spiro atoms. The molecule has 0 amide bonds. The molecule has 2 heterocycles. The molecular formula is C22H25NO6S. The van der Waals surface area contributed by atoms with E-state index in [4.69, 9.17) is 14.2 Å². The third-order valence-electron chi connectivity index (χ3n) is 5.70. The summed E-state index contributed by atoms with van der Waals surface area (Å²) >= 11 is 0. The van der Waals surface area contributed by atoms with Crippen LogP contribution in [0.25, 0.3) is 0 Å². The Labute approximate surface area is 176 Å². The van der Waals surface area contributed by atoms with Crippen LogP contribution in [0.3, 0.4) is 0 Å². The van der Waals surface area contributed by atoms with Gasteiger partial charge in [0.2, 0.25) is 10.0 Å². The van der Waals surface area contributed by atoms with Gasteiger partial charge in [0.25, 0.3) is 0 Å². The van der Waals surface area contributed by atoms with Gasteiger partial charge in [0, 0.05) is 25.9 Å². The standard InChI is InChI=1S/C22H25NO6S/c1-3-28-16-4-7-18(8-5-16)30(25,26)23-12-10-22(11-13-23)15-20(24)19-14-17(27-2)6-9-21(19)29-22/h4-9,14H,3,10-13,15H2,1-2H3. The molecule has 2 aromatic carbocycles. The number of hydrogen-bond acceptors (Lipinski definition) is 6. The molecule has 0 aromatic heterocycles. The highest BCUT2D eigenvalue weighted by molar-refractivity contribution is 7.89. The molecule has 1 saturated heterocycles. The third kappa shape index (κ3) is 3.77. The zero-order valence-electron chi connectivity index (χ0n) is 17.1. The van der Waals surface area contributed by atoms with Crippen molar-refractivity contribution in [2.24, 2.45) is 0 Å². The lowest BCUT2D eigenvalue weighted by Crippen LogP contribution is -2.52. The van der Waals surface area contributed by atoms with Crippen LogP contribution in [-0.4, -0.2) is 50.9 Å². The molecular weight excluding hydrogens is 406 g/mol. The van der Waals surface area contributed by atoms with Gasteiger partial charge in [0.1, 0.15) is 22.8 Å². The monoisotopic (exact) mass is 431 g/mol. The minimum absolute atomic E-state index is 0.00188. The summed E-state index contributed by atoms with van der Waals surface area (Å²) in [6, 6.07) is 11.7. The predicted molar refractivity (Wildman–Crippen MR) is 111 cm³/mol. The van der Waals surface area contributed by atoms with Crippen molar-refractivity contribution in [2.45, 2.75) is 36.7 Å². The van der Waals surface area contributed by atoms with E-state index < -0.39 is 15.6 Å². The topological polar surface area (TPSA) is 82.1 Å². The Morgan fingerprint density at radius 3 is 2.37 bits per heavy atom. The molecule has 4 rings (SSSR count). The Bertz CT molecular complexity index is 1040. The van der Waals surface area contributed by atoms with Crippen molar-refractivity contribution in [2.75, 3.05) is 26.8 Å². The second-order valence-corrected chi connectivity index (χ2v) is 9.49. The predicted octanol–water partition coefficient (Wildman–Crippen LogP) is 3.28. The number of ether oxygens (including phenoxy) is 3. The molecule has 1 fully saturated rings. The molecule has 2 aromatic rings. The summed E-state index contributed by atoms with van der Waals surface area (Å²) in [4.78, 5) is 13.0. The lowest BCUT2D eigenvalue weighted by Gasteiger charge is -2.43. The van der Waals surface area contributed by atoms with Gasteiger partial charge in [-0.1, -0.05) is 0 Å². The molecule has 7 nitrogen and oxygen atoms in total. The van der Waals surface area contributed by atoms with Crippen LogP contribution in [-0.2, 0) is 10.0 Å². The summed E-state index contributed by atoms with van der Waals surface area (Å²) in [5.41, 5.74) is -0.145. The summed E-state index contributed by atoms with van der Waals surface area (Å²) in [5.74, 6) is 1.78. The minimum Gasteiger partial charge on any atom is -0.497 e. The highest BCUT2D eigenvalue weighted by atomic mass is 32.2. The quantitative estimate of drug-likeness (QED) is 0.723. The highest BCUT2D eigenvalue weighted by Gasteiger charge is 2.45. The number of benzene rings is 2. The number of piperidine rings is 1. The third-order valence-corrected chi connectivity index (χ3v) is 7.62. The Balaban J connectivity index is 1.48. The van der Waals surface area contributed by atoms with Crippen molar-refractivity contribution in [3.8, 4) is 17.2 Å². The van der Waals surface area contributed by atoms with E-state index in [2.05, 4.69) is 0 Å². The second kappa shape index (κ2) is 7.92. The van der Waals surface area contributed by atoms with Gasteiger partial charge < -0.3 is 14.2 Å². The lowest BCUT2D eigenvalue weighted by atomic mass is 9.83. The second-order valence-electron chi connectivity index (χ2n) is 7.56. The first-order chi connectivity index (χ1) is 14.4. The zero-order valence-corrected chi connectivity index (χ0v) is 17.9. The fourth-order valence-electron chi connectivity index (χ4n) is 4.04. The van der Waals surface area contributed by atoms with Gasteiger partial charge in [0.15, 0.2) is 5.78 Å². The number of Topliss-reactive ketones (excluding diaryl/α,β-unsaturated/α-hetero) is 1. The maximum Gasteiger partial charge on any atom is 0.243 e. The summed E-state index contributed by atoms with van der Waals surface area (Å²) in [5, 5.41) is 0. The Morgan fingerprint density at radius 1 is 1.07 bits per heavy atom. The summed E-state index contributed by atoms with van der Waals surface area (Å²) < 4.78 is 44.3. The van der Waals surface area contributed by atoms with Crippen LogP contribution in [0.2, 0.25) is 0 Å². The summed E-state index contributed by atoms with van der Waals surface area (Å²) in [6.45, 7) is 3.00. The van der Waals surface area contributed by atoms with Gasteiger partial charge in [-0.15, -0.1) is 0 Å². The number of carbonyl (C=O) groups is 1. The van der Waals surface area contributed by atoms with Crippen molar-refractivity contribution < 1.29 is 27.4 Å². The number of rotatable bonds is 5. The first-order valence-corrected chi connectivity index (χ1v) is 11.4. The maximum absolute atomic E-state index is 13.0. The van der Waals surface area contributed by atoms with Crippen LogP contribution in [0.5, 0.6) is 17.2 Å². The number of nitrogens with zero attached hydrogens (tertiary/aromatic N) is 1. The summed E-state index contributed by atoms with van der Waals surface area (Å²) in [7, 11) is -2.06. The highest BCUT2D eigenvalue weighted by Crippen LogP contribution is 2.41. The van der Waals surface area contributed by atoms with Crippen molar-refractivity contribution in [1.82, 2.24) is 4.31 Å². The van der Waals surface area contributed by atoms with Crippen LogP contribution in [0, 0.1) is 0 Å². The van der Waals surface area contributed by atoms with E-state index in [-0.39, 0.29) is 17.1 Å². The van der Waals surface area contributed by atoms with Gasteiger partial charge >= 0.3 is 0 Å². The molecule has 0 radical (unpaired) electrons. The molecule has 2 aliphatic heterocycles. The van der Waals surface area contributed by atoms with Crippen LogP contribution in [0.1, 0.15) is 36.5 Å². The normalized spacial score (nSPS) is 18.5. The molecule has 0 saturated carbocycles. The molecule has 0 bridgehead atoms. The van der Waals surface area contributed by atoms with E-state index in [9.17, 15) is 13.2 Å². The van der Waals surface area contributed by atoms with Gasteiger partial charge in [-0.05, 0) is 49.4 Å². The zero-order chi connectivity index (χ0) is 21.4. The Hall–Kier alpha value is -2.58. The molecule has 0 atom stereocenters. The molecule has 2 aliphatic rings. The maximum atomic E-state index is 13.0. The van der Waals surface area contributed by atoms with Crippen LogP contribution < -0.4 is 14.2 Å². The fraction of sp³-hybridized carbons (Fsp3) is 0.409. The van der Waals surface area contributed by atoms with Crippen LogP contribution >= 0.6 is 0 Å². The van der Waals surface area contributed by atoms with E-state index in [1.54, 1.807) is 49.6 Å². The summed E-state index contributed by atoms with van der Waals surface area (Å²) in [6.07, 6.45) is 1.16. The number of ketones is 1. The van der Waals surface area contributed by atoms with E-state index in [0.29, 0.717) is 55.4 Å². The Kier molecular flexibility index (Phi) is 5.46. The number of methoxy groups -OCH3 is 1. The van der Waals surface area contributed by atoms with Crippen molar-refractivity contribution >= 4 is 15.8 Å². The van der Waals surface area contributed by atoms with Crippen LogP contribution in [0.15, 0.2) is 47.4 Å². The van der Waals surface area contributed by atoms with Gasteiger partial charge in [-0.3, -0.25) is 4.79 Å². The first kappa shape index (κ1) is 20.7. The Morgan fingerprint density at radius 2 is 1.73 bits per heavy atom. The van der Waals surface area contributed by atoms with Gasteiger partial charge in [0.05, 0.1) is 30.6 Å². The largest absolute Gasteiger partial charge is 0.497 e. The fourth-order valence-corrected chi connectivity index (χ4v) is 5.48. The smallest absolute Gasteiger partial charge is 0.243 e. The molecule has 0 aliphatic carbocycles. The number of fused-ring (bicyclic) bond motifs is 1. The van der Waals surface area contributed by atoms with Crippen molar-refractivity contribution in [3.63, 3.8) is 0 Å². The van der Waals surface area contributed by atoms with Gasteiger partial charge in [-0.25, -0.2) is 8.42 Å². The molecule has 0 N–H and O–H groups in total. The van der Waals surface area contributed by atoms with Gasteiger partial charge in [-0.2, -0.15) is 4.31 Å². The molecule has 8 heteroatoms. The van der Waals surface area contributed by atoms with Crippen LogP contribution in [0.4, 0.5) is 0 Å². The number of sulfonamides is 1. The molecule has 0 unspecified atom stereocenters. The number of hydrogen-bond donors (Lipinski definition) is 0. The SMILES string of the molecule is CCOc1ccc(S(=O)(=O)N2CCC3(CC2)CC(=O)c2cc(OC)ccc2O3)cc1. The first-order valence-electron chi connectivity index (χ1n) is 10.0. The molecule has 160 valence electrons. The van der Waals surface area contributed by atoms with E-state index in [1.807, 2.05) is 6.92 Å². The van der Waals surface area contributed by atoms with E-state index in [0.717, 1.165) is 0 Å². The van der Waals surface area contributed by atoms with Crippen molar-refractivity contribution in [1.29, 1.82) is 0 Å². The van der Waals surface area contributed by atoms with E-state index in [1.165, 1.54) is 4.31 Å². The number of carbonyl (C=O) groups excluding carboxylic acids is 1. The molecule has 30 heavy (non-hydrogen) atoms.